The van der Waals surface area contributed by atoms with Crippen molar-refractivity contribution in [2.45, 2.75) is 6.92 Å². The molecule has 2 N–H and O–H groups in total. The molecule has 2 aromatic rings. The first-order valence-electron chi connectivity index (χ1n) is 6.76. The van der Waals surface area contributed by atoms with Gasteiger partial charge in [-0.3, -0.25) is 19.9 Å². The fourth-order valence-electron chi connectivity index (χ4n) is 1.86. The Labute approximate surface area is 127 Å². The maximum absolute atomic E-state index is 11.9. The lowest BCUT2D eigenvalue weighted by Crippen LogP contribution is -2.28. The largest absolute Gasteiger partial charge is 0.378 e. The number of carbonyl (C=O) groups is 1. The minimum Gasteiger partial charge on any atom is -0.378 e. The Balaban J connectivity index is 1.83. The number of nitro benzene ring substituents is 1. The first-order valence-corrected chi connectivity index (χ1v) is 6.76. The Hall–Kier alpha value is -2.96. The van der Waals surface area contributed by atoms with E-state index < -0.39 is 4.92 Å². The van der Waals surface area contributed by atoms with Crippen molar-refractivity contribution in [3.63, 3.8) is 0 Å². The molecule has 0 aliphatic heterocycles. The van der Waals surface area contributed by atoms with E-state index in [1.54, 1.807) is 30.3 Å². The molecule has 0 bridgehead atoms. The Bertz CT molecular complexity index is 671. The summed E-state index contributed by atoms with van der Waals surface area (Å²) in [5.41, 5.74) is 1.77. The Morgan fingerprint density at radius 3 is 2.68 bits per heavy atom. The highest BCUT2D eigenvalue weighted by Gasteiger charge is 2.11. The SMILES string of the molecule is Cc1ccc(C(=O)NCCNc2ccccc2[N+](=O)[O-])cn1. The lowest BCUT2D eigenvalue weighted by Gasteiger charge is -2.08. The third-order valence-electron chi connectivity index (χ3n) is 3.00. The quantitative estimate of drug-likeness (QED) is 0.484. The van der Waals surface area contributed by atoms with Crippen LogP contribution in [-0.4, -0.2) is 28.9 Å². The van der Waals surface area contributed by atoms with Crippen molar-refractivity contribution in [2.24, 2.45) is 0 Å². The summed E-state index contributed by atoms with van der Waals surface area (Å²) in [6.07, 6.45) is 1.51. The first-order chi connectivity index (χ1) is 10.6. The second kappa shape index (κ2) is 7.16. The number of hydrogen-bond acceptors (Lipinski definition) is 5. The Morgan fingerprint density at radius 2 is 2.00 bits per heavy atom. The van der Waals surface area contributed by atoms with Crippen molar-refractivity contribution in [1.82, 2.24) is 10.3 Å². The molecule has 114 valence electrons. The van der Waals surface area contributed by atoms with Crippen LogP contribution < -0.4 is 10.6 Å². The second-order valence-corrected chi connectivity index (χ2v) is 4.65. The van der Waals surface area contributed by atoms with Gasteiger partial charge < -0.3 is 10.6 Å². The van der Waals surface area contributed by atoms with Crippen molar-refractivity contribution in [2.75, 3.05) is 18.4 Å². The van der Waals surface area contributed by atoms with E-state index in [4.69, 9.17) is 0 Å². The molecule has 0 spiro atoms. The number of hydrogen-bond donors (Lipinski definition) is 2. The molecule has 1 aromatic heterocycles. The standard InChI is InChI=1S/C15H16N4O3/c1-11-6-7-12(10-18-11)15(20)17-9-8-16-13-4-2-3-5-14(13)19(21)22/h2-7,10,16H,8-9H2,1H3,(H,17,20). The van der Waals surface area contributed by atoms with Gasteiger partial charge in [0.15, 0.2) is 0 Å². The van der Waals surface area contributed by atoms with Crippen LogP contribution in [-0.2, 0) is 0 Å². The number of aryl methyl sites for hydroxylation is 1. The van der Waals surface area contributed by atoms with Gasteiger partial charge in [-0.1, -0.05) is 12.1 Å². The Morgan fingerprint density at radius 1 is 1.23 bits per heavy atom. The molecule has 7 heteroatoms. The van der Waals surface area contributed by atoms with Crippen LogP contribution in [0.4, 0.5) is 11.4 Å². The third-order valence-corrected chi connectivity index (χ3v) is 3.00. The molecule has 22 heavy (non-hydrogen) atoms. The lowest BCUT2D eigenvalue weighted by molar-refractivity contribution is -0.384. The van der Waals surface area contributed by atoms with Crippen molar-refractivity contribution < 1.29 is 9.72 Å². The molecule has 0 fully saturated rings. The van der Waals surface area contributed by atoms with Gasteiger partial charge in [0.05, 0.1) is 10.5 Å². The number of carbonyl (C=O) groups excluding carboxylic acids is 1. The normalized spacial score (nSPS) is 10.0. The summed E-state index contributed by atoms with van der Waals surface area (Å²) in [6.45, 7) is 2.58. The lowest BCUT2D eigenvalue weighted by atomic mass is 10.2. The molecule has 1 aromatic carbocycles. The van der Waals surface area contributed by atoms with Crippen molar-refractivity contribution in [3.05, 3.63) is 64.0 Å². The van der Waals surface area contributed by atoms with Crippen LogP contribution in [0.1, 0.15) is 16.1 Å². The first kappa shape index (κ1) is 15.4. The number of nitrogens with one attached hydrogen (secondary N) is 2. The van der Waals surface area contributed by atoms with E-state index in [9.17, 15) is 14.9 Å². The molecule has 1 heterocycles. The van der Waals surface area contributed by atoms with Gasteiger partial charge >= 0.3 is 0 Å². The summed E-state index contributed by atoms with van der Waals surface area (Å²) < 4.78 is 0. The fraction of sp³-hybridized carbons (Fsp3) is 0.200. The van der Waals surface area contributed by atoms with Crippen LogP contribution in [0.2, 0.25) is 0 Å². The average Bonchev–Trinajstić information content (AvgIpc) is 2.52. The molecule has 0 saturated carbocycles. The zero-order valence-corrected chi connectivity index (χ0v) is 12.1. The summed E-state index contributed by atoms with van der Waals surface area (Å²) in [6, 6.07) is 9.84. The molecule has 0 atom stereocenters. The second-order valence-electron chi connectivity index (χ2n) is 4.65. The molecular weight excluding hydrogens is 284 g/mol. The molecule has 0 radical (unpaired) electrons. The van der Waals surface area contributed by atoms with E-state index in [2.05, 4.69) is 15.6 Å². The summed E-state index contributed by atoms with van der Waals surface area (Å²) in [7, 11) is 0. The molecule has 0 unspecified atom stereocenters. The van der Waals surface area contributed by atoms with Crippen LogP contribution >= 0.6 is 0 Å². The van der Waals surface area contributed by atoms with Crippen LogP contribution in [0.15, 0.2) is 42.6 Å². The minimum absolute atomic E-state index is 0.0107. The van der Waals surface area contributed by atoms with E-state index in [1.165, 1.54) is 12.3 Å². The summed E-state index contributed by atoms with van der Waals surface area (Å²) in [5.74, 6) is -0.225. The van der Waals surface area contributed by atoms with Crippen LogP contribution in [0.5, 0.6) is 0 Å². The number of rotatable bonds is 6. The molecule has 1 amide bonds. The molecule has 2 rings (SSSR count). The zero-order chi connectivity index (χ0) is 15.9. The van der Waals surface area contributed by atoms with Crippen LogP contribution in [0.3, 0.4) is 0 Å². The zero-order valence-electron chi connectivity index (χ0n) is 12.1. The highest BCUT2D eigenvalue weighted by atomic mass is 16.6. The van der Waals surface area contributed by atoms with E-state index in [0.717, 1.165) is 5.69 Å². The monoisotopic (exact) mass is 300 g/mol. The minimum atomic E-state index is -0.446. The summed E-state index contributed by atoms with van der Waals surface area (Å²) in [5, 5.41) is 16.5. The van der Waals surface area contributed by atoms with E-state index in [0.29, 0.717) is 24.3 Å². The van der Waals surface area contributed by atoms with Crippen molar-refractivity contribution >= 4 is 17.3 Å². The van der Waals surface area contributed by atoms with E-state index >= 15 is 0 Å². The maximum atomic E-state index is 11.9. The van der Waals surface area contributed by atoms with Crippen molar-refractivity contribution in [3.8, 4) is 0 Å². The molecule has 0 aliphatic carbocycles. The maximum Gasteiger partial charge on any atom is 0.292 e. The van der Waals surface area contributed by atoms with Gasteiger partial charge in [0.2, 0.25) is 0 Å². The number of para-hydroxylation sites is 2. The van der Waals surface area contributed by atoms with Crippen molar-refractivity contribution in [1.29, 1.82) is 0 Å². The fourth-order valence-corrected chi connectivity index (χ4v) is 1.86. The van der Waals surface area contributed by atoms with Gasteiger partial charge in [0.1, 0.15) is 5.69 Å². The molecule has 7 nitrogen and oxygen atoms in total. The molecular formula is C15H16N4O3. The average molecular weight is 300 g/mol. The van der Waals surface area contributed by atoms with Gasteiger partial charge in [-0.05, 0) is 25.1 Å². The number of nitrogens with zero attached hydrogens (tertiary/aromatic N) is 2. The Kier molecular flexibility index (Phi) is 5.02. The topological polar surface area (TPSA) is 97.2 Å². The summed E-state index contributed by atoms with van der Waals surface area (Å²) in [4.78, 5) is 26.3. The number of aromatic nitrogens is 1. The third kappa shape index (κ3) is 4.02. The van der Waals surface area contributed by atoms with Gasteiger partial charge in [-0.2, -0.15) is 0 Å². The number of pyridine rings is 1. The van der Waals surface area contributed by atoms with Crippen LogP contribution in [0.25, 0.3) is 0 Å². The van der Waals surface area contributed by atoms with Gasteiger partial charge in [-0.15, -0.1) is 0 Å². The van der Waals surface area contributed by atoms with Gasteiger partial charge in [0.25, 0.3) is 11.6 Å². The van der Waals surface area contributed by atoms with E-state index in [1.807, 2.05) is 6.92 Å². The number of amides is 1. The molecule has 0 saturated heterocycles. The molecule has 0 aliphatic rings. The summed E-state index contributed by atoms with van der Waals surface area (Å²) >= 11 is 0. The predicted molar refractivity (Wildman–Crippen MR) is 82.9 cm³/mol. The van der Waals surface area contributed by atoms with Gasteiger partial charge in [-0.25, -0.2) is 0 Å². The van der Waals surface area contributed by atoms with E-state index in [-0.39, 0.29) is 11.6 Å². The highest BCUT2D eigenvalue weighted by Crippen LogP contribution is 2.22. The smallest absolute Gasteiger partial charge is 0.292 e. The predicted octanol–water partition coefficient (Wildman–Crippen LogP) is 2.14. The van der Waals surface area contributed by atoms with Gasteiger partial charge in [0, 0.05) is 31.0 Å². The number of nitro groups is 1. The van der Waals surface area contributed by atoms with Crippen LogP contribution in [0, 0.1) is 17.0 Å². The highest BCUT2D eigenvalue weighted by molar-refractivity contribution is 5.93. The number of benzene rings is 1. The number of anilines is 1.